The van der Waals surface area contributed by atoms with E-state index in [9.17, 15) is 4.79 Å². The molecule has 0 atom stereocenters. The number of thiophene rings is 1. The maximum Gasteiger partial charge on any atom is 0.265 e. The van der Waals surface area contributed by atoms with Crippen LogP contribution in [0.15, 0.2) is 57.7 Å². The maximum atomic E-state index is 12.1. The predicted octanol–water partition coefficient (Wildman–Crippen LogP) is 5.04. The van der Waals surface area contributed by atoms with Crippen molar-refractivity contribution in [3.8, 4) is 0 Å². The molecule has 1 aromatic heterocycles. The first kappa shape index (κ1) is 14.4. The summed E-state index contributed by atoms with van der Waals surface area (Å²) in [5.74, 6) is 0.736. The highest BCUT2D eigenvalue weighted by atomic mass is 79.9. The van der Waals surface area contributed by atoms with Gasteiger partial charge in [0.1, 0.15) is 0 Å². The van der Waals surface area contributed by atoms with Crippen molar-refractivity contribution in [1.82, 2.24) is 0 Å². The molecule has 1 aromatic carbocycles. The molecule has 1 heterocycles. The number of hydrogen-bond acceptors (Lipinski definition) is 3. The summed E-state index contributed by atoms with van der Waals surface area (Å²) in [5.41, 5.74) is 0.837. The van der Waals surface area contributed by atoms with E-state index in [1.807, 2.05) is 42.5 Å². The summed E-state index contributed by atoms with van der Waals surface area (Å²) in [6.45, 7) is 3.70. The molecule has 0 bridgehead atoms. The molecule has 0 saturated heterocycles. The number of anilines is 1. The number of carbonyl (C=O) groups is 1. The van der Waals surface area contributed by atoms with Gasteiger partial charge in [-0.15, -0.1) is 29.7 Å². The number of carbonyl (C=O) groups excluding carboxylic acids is 1. The quantitative estimate of drug-likeness (QED) is 0.602. The lowest BCUT2D eigenvalue weighted by molar-refractivity contribution is 0.103. The van der Waals surface area contributed by atoms with Crippen molar-refractivity contribution in [1.29, 1.82) is 0 Å². The van der Waals surface area contributed by atoms with Crippen LogP contribution in [-0.2, 0) is 0 Å². The minimum Gasteiger partial charge on any atom is -0.320 e. The molecule has 0 saturated carbocycles. The van der Waals surface area contributed by atoms with E-state index in [1.54, 1.807) is 11.8 Å². The van der Waals surface area contributed by atoms with Crippen LogP contribution in [0.25, 0.3) is 0 Å². The number of nitrogens with one attached hydrogen (secondary N) is 1. The van der Waals surface area contributed by atoms with E-state index in [-0.39, 0.29) is 5.91 Å². The van der Waals surface area contributed by atoms with Crippen molar-refractivity contribution < 1.29 is 4.79 Å². The van der Waals surface area contributed by atoms with E-state index in [2.05, 4.69) is 27.8 Å². The first-order chi connectivity index (χ1) is 9.20. The molecule has 0 spiro atoms. The lowest BCUT2D eigenvalue weighted by Gasteiger charge is -2.09. The highest BCUT2D eigenvalue weighted by Crippen LogP contribution is 2.28. The Morgan fingerprint density at radius 3 is 2.84 bits per heavy atom. The molecule has 2 rings (SSSR count). The maximum absolute atomic E-state index is 12.1. The number of benzene rings is 1. The van der Waals surface area contributed by atoms with Crippen molar-refractivity contribution in [2.45, 2.75) is 4.90 Å². The van der Waals surface area contributed by atoms with Gasteiger partial charge < -0.3 is 5.32 Å². The second-order valence-electron chi connectivity index (χ2n) is 3.65. The fraction of sp³-hybridized carbons (Fsp3) is 0.0714. The predicted molar refractivity (Wildman–Crippen MR) is 87.3 cm³/mol. The van der Waals surface area contributed by atoms with Crippen LogP contribution in [0.3, 0.4) is 0 Å². The van der Waals surface area contributed by atoms with Gasteiger partial charge in [0.05, 0.1) is 14.4 Å². The Labute approximate surface area is 129 Å². The number of halogens is 1. The van der Waals surface area contributed by atoms with E-state index < -0.39 is 0 Å². The summed E-state index contributed by atoms with van der Waals surface area (Å²) in [4.78, 5) is 13.8. The Bertz CT molecular complexity index is 595. The van der Waals surface area contributed by atoms with Crippen molar-refractivity contribution in [2.75, 3.05) is 11.1 Å². The van der Waals surface area contributed by atoms with Crippen LogP contribution in [-0.4, -0.2) is 11.7 Å². The number of amides is 1. The van der Waals surface area contributed by atoms with Gasteiger partial charge in [0.2, 0.25) is 0 Å². The van der Waals surface area contributed by atoms with Gasteiger partial charge >= 0.3 is 0 Å². The van der Waals surface area contributed by atoms with Crippen molar-refractivity contribution in [2.24, 2.45) is 0 Å². The third-order valence-corrected chi connectivity index (χ3v) is 4.98. The van der Waals surface area contributed by atoms with Crippen LogP contribution in [0.1, 0.15) is 9.67 Å². The van der Waals surface area contributed by atoms with E-state index in [0.29, 0.717) is 4.88 Å². The zero-order chi connectivity index (χ0) is 13.7. The average Bonchev–Trinajstić information content (AvgIpc) is 2.84. The molecule has 2 aromatic rings. The SMILES string of the molecule is C=CCSc1ccccc1NC(=O)c1ccc(Br)s1. The smallest absolute Gasteiger partial charge is 0.265 e. The summed E-state index contributed by atoms with van der Waals surface area (Å²) in [7, 11) is 0. The van der Waals surface area contributed by atoms with E-state index in [4.69, 9.17) is 0 Å². The standard InChI is InChI=1S/C14H12BrNOS2/c1-2-9-18-11-6-4-3-5-10(11)16-14(17)12-7-8-13(15)19-12/h2-8H,1,9H2,(H,16,17). The van der Waals surface area contributed by atoms with Gasteiger partial charge in [-0.25, -0.2) is 0 Å². The summed E-state index contributed by atoms with van der Waals surface area (Å²) in [6.07, 6.45) is 1.85. The number of rotatable bonds is 5. The number of thioether (sulfide) groups is 1. The molecule has 98 valence electrons. The number of para-hydroxylation sites is 1. The summed E-state index contributed by atoms with van der Waals surface area (Å²) >= 11 is 6.43. The first-order valence-electron chi connectivity index (χ1n) is 5.60. The van der Waals surface area contributed by atoms with E-state index in [1.165, 1.54) is 11.3 Å². The Morgan fingerprint density at radius 1 is 1.37 bits per heavy atom. The normalized spacial score (nSPS) is 10.2. The van der Waals surface area contributed by atoms with E-state index in [0.717, 1.165) is 20.1 Å². The third kappa shape index (κ3) is 3.96. The number of hydrogen-bond donors (Lipinski definition) is 1. The summed E-state index contributed by atoms with van der Waals surface area (Å²) < 4.78 is 0.951. The topological polar surface area (TPSA) is 29.1 Å². The molecular formula is C14H12BrNOS2. The molecule has 2 nitrogen and oxygen atoms in total. The van der Waals surface area contributed by atoms with Gasteiger partial charge in [-0.2, -0.15) is 0 Å². The third-order valence-electron chi connectivity index (χ3n) is 2.29. The molecule has 19 heavy (non-hydrogen) atoms. The second kappa shape index (κ2) is 6.93. The van der Waals surface area contributed by atoms with Gasteiger partial charge in [0.25, 0.3) is 5.91 Å². The highest BCUT2D eigenvalue weighted by Gasteiger charge is 2.10. The van der Waals surface area contributed by atoms with Gasteiger partial charge in [-0.05, 0) is 40.2 Å². The molecule has 5 heteroatoms. The van der Waals surface area contributed by atoms with Crippen LogP contribution in [0.2, 0.25) is 0 Å². The second-order valence-corrected chi connectivity index (χ2v) is 7.18. The molecule has 0 radical (unpaired) electrons. The van der Waals surface area contributed by atoms with Gasteiger partial charge in [0.15, 0.2) is 0 Å². The minimum atomic E-state index is -0.0812. The van der Waals surface area contributed by atoms with Crippen LogP contribution in [0.4, 0.5) is 5.69 Å². The van der Waals surface area contributed by atoms with Gasteiger partial charge in [-0.1, -0.05) is 18.2 Å². The van der Waals surface area contributed by atoms with Crippen LogP contribution in [0, 0.1) is 0 Å². The molecular weight excluding hydrogens is 342 g/mol. The molecule has 0 fully saturated rings. The van der Waals surface area contributed by atoms with Crippen molar-refractivity contribution >= 4 is 50.6 Å². The molecule has 1 amide bonds. The van der Waals surface area contributed by atoms with Crippen LogP contribution in [0.5, 0.6) is 0 Å². The Balaban J connectivity index is 2.14. The molecule has 0 aliphatic heterocycles. The molecule has 0 aliphatic carbocycles. The molecule has 0 aliphatic rings. The fourth-order valence-corrected chi connectivity index (χ4v) is 3.49. The minimum absolute atomic E-state index is 0.0812. The fourth-order valence-electron chi connectivity index (χ4n) is 1.46. The van der Waals surface area contributed by atoms with Crippen molar-refractivity contribution in [3.05, 3.63) is 57.7 Å². The molecule has 1 N–H and O–H groups in total. The average molecular weight is 354 g/mol. The Hall–Kier alpha value is -1.04. The van der Waals surface area contributed by atoms with Crippen LogP contribution >= 0.6 is 39.0 Å². The Morgan fingerprint density at radius 2 is 2.16 bits per heavy atom. The molecule has 0 unspecified atom stereocenters. The van der Waals surface area contributed by atoms with E-state index >= 15 is 0 Å². The lowest BCUT2D eigenvalue weighted by Crippen LogP contribution is -2.10. The van der Waals surface area contributed by atoms with Gasteiger partial charge in [-0.3, -0.25) is 4.79 Å². The zero-order valence-electron chi connectivity index (χ0n) is 10.1. The first-order valence-corrected chi connectivity index (χ1v) is 8.19. The van der Waals surface area contributed by atoms with Crippen LogP contribution < -0.4 is 5.32 Å². The lowest BCUT2D eigenvalue weighted by atomic mass is 10.3. The summed E-state index contributed by atoms with van der Waals surface area (Å²) in [5, 5.41) is 2.94. The Kier molecular flexibility index (Phi) is 5.24. The zero-order valence-corrected chi connectivity index (χ0v) is 13.3. The largest absolute Gasteiger partial charge is 0.320 e. The monoisotopic (exact) mass is 353 g/mol. The van der Waals surface area contributed by atoms with Gasteiger partial charge in [0, 0.05) is 10.6 Å². The van der Waals surface area contributed by atoms with Crippen molar-refractivity contribution in [3.63, 3.8) is 0 Å². The highest BCUT2D eigenvalue weighted by molar-refractivity contribution is 9.11. The summed E-state index contributed by atoms with van der Waals surface area (Å²) in [6, 6.07) is 11.5.